The lowest BCUT2D eigenvalue weighted by atomic mass is 10.3. The summed E-state index contributed by atoms with van der Waals surface area (Å²) in [7, 11) is 1.47. The van der Waals surface area contributed by atoms with Crippen LogP contribution in [0, 0.1) is 0 Å². The monoisotopic (exact) mass is 212 g/mol. The number of pyridine rings is 1. The second-order valence-electron chi connectivity index (χ2n) is 2.77. The molecule has 0 aromatic carbocycles. The molecule has 1 unspecified atom stereocenters. The SMILES string of the molecule is COc1cccnc1OCC(N)C(=O)O. The minimum absolute atomic E-state index is 0.150. The van der Waals surface area contributed by atoms with E-state index in [1.54, 1.807) is 12.1 Å². The number of aromatic nitrogens is 1. The topological polar surface area (TPSA) is 94.7 Å². The molecule has 82 valence electrons. The maximum absolute atomic E-state index is 10.4. The van der Waals surface area contributed by atoms with Gasteiger partial charge in [-0.3, -0.25) is 4.79 Å². The van der Waals surface area contributed by atoms with Gasteiger partial charge in [-0.1, -0.05) is 0 Å². The van der Waals surface area contributed by atoms with E-state index in [1.165, 1.54) is 13.3 Å². The summed E-state index contributed by atoms with van der Waals surface area (Å²) < 4.78 is 10.1. The number of carboxylic acids is 1. The first-order chi connectivity index (χ1) is 7.15. The van der Waals surface area contributed by atoms with E-state index in [0.717, 1.165) is 0 Å². The summed E-state index contributed by atoms with van der Waals surface area (Å²) in [4.78, 5) is 14.3. The van der Waals surface area contributed by atoms with Crippen molar-refractivity contribution in [3.05, 3.63) is 18.3 Å². The number of carbonyl (C=O) groups is 1. The van der Waals surface area contributed by atoms with Crippen molar-refractivity contribution in [3.63, 3.8) is 0 Å². The summed E-state index contributed by atoms with van der Waals surface area (Å²) in [6.45, 7) is -0.150. The summed E-state index contributed by atoms with van der Waals surface area (Å²) in [6.07, 6.45) is 1.52. The van der Waals surface area contributed by atoms with Crippen LogP contribution in [0.1, 0.15) is 0 Å². The van der Waals surface area contributed by atoms with E-state index in [2.05, 4.69) is 4.98 Å². The largest absolute Gasteiger partial charge is 0.491 e. The Morgan fingerprint density at radius 1 is 1.73 bits per heavy atom. The minimum atomic E-state index is -1.12. The van der Waals surface area contributed by atoms with Crippen LogP contribution in [0.25, 0.3) is 0 Å². The van der Waals surface area contributed by atoms with Crippen molar-refractivity contribution in [2.24, 2.45) is 5.73 Å². The number of hydrogen-bond acceptors (Lipinski definition) is 5. The number of nitrogens with two attached hydrogens (primary N) is 1. The molecule has 6 nitrogen and oxygen atoms in total. The normalized spacial score (nSPS) is 11.9. The number of ether oxygens (including phenoxy) is 2. The average molecular weight is 212 g/mol. The Labute approximate surface area is 86.6 Å². The van der Waals surface area contributed by atoms with Gasteiger partial charge in [0, 0.05) is 6.20 Å². The molecule has 3 N–H and O–H groups in total. The smallest absolute Gasteiger partial charge is 0.324 e. The van der Waals surface area contributed by atoms with E-state index in [4.69, 9.17) is 20.3 Å². The van der Waals surface area contributed by atoms with Crippen molar-refractivity contribution in [1.29, 1.82) is 0 Å². The summed E-state index contributed by atoms with van der Waals surface area (Å²) in [5, 5.41) is 8.53. The van der Waals surface area contributed by atoms with E-state index < -0.39 is 12.0 Å². The number of hydrogen-bond donors (Lipinski definition) is 2. The zero-order valence-corrected chi connectivity index (χ0v) is 8.21. The zero-order chi connectivity index (χ0) is 11.3. The Morgan fingerprint density at radius 3 is 3.07 bits per heavy atom. The molecule has 6 heteroatoms. The number of rotatable bonds is 5. The van der Waals surface area contributed by atoms with E-state index in [9.17, 15) is 4.79 Å². The van der Waals surface area contributed by atoms with Crippen molar-refractivity contribution in [2.75, 3.05) is 13.7 Å². The molecule has 0 radical (unpaired) electrons. The number of aliphatic carboxylic acids is 1. The molecule has 1 aromatic rings. The number of carboxylic acid groups (broad SMARTS) is 1. The summed E-state index contributed by atoms with van der Waals surface area (Å²) in [5.41, 5.74) is 5.26. The van der Waals surface area contributed by atoms with Gasteiger partial charge >= 0.3 is 5.97 Å². The highest BCUT2D eigenvalue weighted by molar-refractivity contribution is 5.73. The average Bonchev–Trinajstić information content (AvgIpc) is 2.26. The van der Waals surface area contributed by atoms with E-state index in [1.807, 2.05) is 0 Å². The fraction of sp³-hybridized carbons (Fsp3) is 0.333. The Kier molecular flexibility index (Phi) is 3.87. The third-order valence-electron chi connectivity index (χ3n) is 1.67. The van der Waals surface area contributed by atoms with Crippen LogP contribution in [0.15, 0.2) is 18.3 Å². The van der Waals surface area contributed by atoms with Crippen molar-refractivity contribution in [3.8, 4) is 11.6 Å². The van der Waals surface area contributed by atoms with Crippen LogP contribution in [0.5, 0.6) is 11.6 Å². The fourth-order valence-corrected chi connectivity index (χ4v) is 0.880. The molecule has 0 spiro atoms. The molecule has 0 fully saturated rings. The van der Waals surface area contributed by atoms with Gasteiger partial charge in [-0.25, -0.2) is 4.98 Å². The molecule has 15 heavy (non-hydrogen) atoms. The standard InChI is InChI=1S/C9H12N2O4/c1-14-7-3-2-4-11-8(7)15-5-6(10)9(12)13/h2-4,6H,5,10H2,1H3,(H,12,13). The second-order valence-corrected chi connectivity index (χ2v) is 2.77. The summed E-state index contributed by atoms with van der Waals surface area (Å²) >= 11 is 0. The highest BCUT2D eigenvalue weighted by atomic mass is 16.5. The highest BCUT2D eigenvalue weighted by Gasteiger charge is 2.13. The van der Waals surface area contributed by atoms with Gasteiger partial charge in [-0.15, -0.1) is 0 Å². The molecule has 1 rings (SSSR count). The predicted octanol–water partition coefficient (Wildman–Crippen LogP) is -0.119. The summed E-state index contributed by atoms with van der Waals surface area (Å²) in [6, 6.07) is 2.27. The van der Waals surface area contributed by atoms with Crippen molar-refractivity contribution < 1.29 is 19.4 Å². The lowest BCUT2D eigenvalue weighted by Crippen LogP contribution is -2.36. The molecule has 0 aliphatic carbocycles. The van der Waals surface area contributed by atoms with Crippen LogP contribution in [-0.2, 0) is 4.79 Å². The molecular weight excluding hydrogens is 200 g/mol. The van der Waals surface area contributed by atoms with Crippen LogP contribution < -0.4 is 15.2 Å². The predicted molar refractivity (Wildman–Crippen MR) is 51.9 cm³/mol. The number of nitrogens with zero attached hydrogens (tertiary/aromatic N) is 1. The van der Waals surface area contributed by atoms with E-state index in [0.29, 0.717) is 5.75 Å². The fourth-order valence-electron chi connectivity index (χ4n) is 0.880. The first-order valence-electron chi connectivity index (χ1n) is 4.25. The van der Waals surface area contributed by atoms with Crippen LogP contribution in [-0.4, -0.2) is 35.8 Å². The molecule has 0 amide bonds. The molecule has 1 atom stereocenters. The first-order valence-corrected chi connectivity index (χ1v) is 4.25. The molecule has 1 aromatic heterocycles. The molecule has 0 saturated heterocycles. The molecule has 0 saturated carbocycles. The van der Waals surface area contributed by atoms with Crippen molar-refractivity contribution >= 4 is 5.97 Å². The minimum Gasteiger partial charge on any atom is -0.491 e. The van der Waals surface area contributed by atoms with Gasteiger partial charge in [0.1, 0.15) is 12.6 Å². The van der Waals surface area contributed by atoms with E-state index >= 15 is 0 Å². The zero-order valence-electron chi connectivity index (χ0n) is 8.21. The molecule has 1 heterocycles. The van der Waals surface area contributed by atoms with Crippen LogP contribution in [0.3, 0.4) is 0 Å². The second kappa shape index (κ2) is 5.16. The summed E-state index contributed by atoms with van der Waals surface area (Å²) in [5.74, 6) is -0.448. The van der Waals surface area contributed by atoms with Gasteiger partial charge in [-0.05, 0) is 12.1 Å². The first kappa shape index (κ1) is 11.3. The maximum Gasteiger partial charge on any atom is 0.324 e. The van der Waals surface area contributed by atoms with Gasteiger partial charge < -0.3 is 20.3 Å². The Hall–Kier alpha value is -1.82. The van der Waals surface area contributed by atoms with Gasteiger partial charge in [0.05, 0.1) is 7.11 Å². The van der Waals surface area contributed by atoms with Crippen LogP contribution in [0.4, 0.5) is 0 Å². The van der Waals surface area contributed by atoms with Gasteiger partial charge in [0.2, 0.25) is 0 Å². The van der Waals surface area contributed by atoms with Crippen molar-refractivity contribution in [2.45, 2.75) is 6.04 Å². The third kappa shape index (κ3) is 3.10. The maximum atomic E-state index is 10.4. The van der Waals surface area contributed by atoms with Gasteiger partial charge in [0.15, 0.2) is 5.75 Å². The van der Waals surface area contributed by atoms with Crippen LogP contribution >= 0.6 is 0 Å². The van der Waals surface area contributed by atoms with Crippen LogP contribution in [0.2, 0.25) is 0 Å². The van der Waals surface area contributed by atoms with Gasteiger partial charge in [0.25, 0.3) is 5.88 Å². The molecule has 0 aliphatic rings. The highest BCUT2D eigenvalue weighted by Crippen LogP contribution is 2.22. The third-order valence-corrected chi connectivity index (χ3v) is 1.67. The van der Waals surface area contributed by atoms with E-state index in [-0.39, 0.29) is 12.5 Å². The quantitative estimate of drug-likeness (QED) is 0.706. The molecule has 0 aliphatic heterocycles. The van der Waals surface area contributed by atoms with Crippen molar-refractivity contribution in [1.82, 2.24) is 4.98 Å². The molecule has 0 bridgehead atoms. The molecular formula is C9H12N2O4. The Balaban J connectivity index is 2.60. The lowest BCUT2D eigenvalue weighted by Gasteiger charge is -2.10. The lowest BCUT2D eigenvalue weighted by molar-refractivity contribution is -0.139. The Morgan fingerprint density at radius 2 is 2.47 bits per heavy atom. The van der Waals surface area contributed by atoms with Gasteiger partial charge in [-0.2, -0.15) is 0 Å². The number of methoxy groups -OCH3 is 1. The Bertz CT molecular complexity index is 343.